The lowest BCUT2D eigenvalue weighted by atomic mass is 10.1. The molecule has 1 aliphatic heterocycles. The van der Waals surface area contributed by atoms with Crippen molar-refractivity contribution in [1.29, 1.82) is 0 Å². The first-order chi connectivity index (χ1) is 14.8. The van der Waals surface area contributed by atoms with Crippen LogP contribution in [0.1, 0.15) is 34.6 Å². The maximum Gasteiger partial charge on any atom is 0.257 e. The normalized spacial score (nSPS) is 14.7. The number of rotatable bonds is 6. The summed E-state index contributed by atoms with van der Waals surface area (Å²) in [6, 6.07) is 12.4. The summed E-state index contributed by atoms with van der Waals surface area (Å²) < 4.78 is 26.9. The number of aromatic hydroxyl groups is 1. The van der Waals surface area contributed by atoms with Crippen molar-refractivity contribution in [3.8, 4) is 5.75 Å². The molecule has 1 N–H and O–H groups in total. The summed E-state index contributed by atoms with van der Waals surface area (Å²) in [5.74, 6) is -0.624. The highest BCUT2D eigenvalue weighted by Crippen LogP contribution is 2.21. The molecule has 0 aromatic heterocycles. The number of carbonyl (C=O) groups is 2. The molecule has 2 aromatic rings. The Morgan fingerprint density at radius 2 is 1.48 bits per heavy atom. The van der Waals surface area contributed by atoms with Gasteiger partial charge in [0, 0.05) is 44.8 Å². The van der Waals surface area contributed by atoms with Gasteiger partial charge in [0.15, 0.2) is 0 Å². The molecule has 0 bridgehead atoms. The first-order valence-electron chi connectivity index (χ1n) is 10.3. The summed E-state index contributed by atoms with van der Waals surface area (Å²) in [6.45, 7) is 5.55. The Balaban J connectivity index is 1.70. The molecule has 0 unspecified atom stereocenters. The number of amides is 2. The fourth-order valence-electron chi connectivity index (χ4n) is 3.62. The van der Waals surface area contributed by atoms with Gasteiger partial charge in [-0.05, 0) is 30.3 Å². The van der Waals surface area contributed by atoms with Gasteiger partial charge in [-0.25, -0.2) is 8.42 Å². The minimum absolute atomic E-state index is 0.0720. The third kappa shape index (κ3) is 4.72. The maximum atomic E-state index is 13.0. The Morgan fingerprint density at radius 1 is 0.903 bits per heavy atom. The van der Waals surface area contributed by atoms with Crippen LogP contribution < -0.4 is 0 Å². The van der Waals surface area contributed by atoms with E-state index in [1.165, 1.54) is 22.5 Å². The molecule has 3 rings (SSSR count). The van der Waals surface area contributed by atoms with Gasteiger partial charge in [0.25, 0.3) is 11.8 Å². The molecular formula is C22H27N3O5S. The number of hydrogen-bond acceptors (Lipinski definition) is 5. The van der Waals surface area contributed by atoms with Crippen LogP contribution in [0.2, 0.25) is 0 Å². The molecule has 0 saturated carbocycles. The van der Waals surface area contributed by atoms with E-state index in [0.29, 0.717) is 44.8 Å². The van der Waals surface area contributed by atoms with Crippen LogP contribution in [0, 0.1) is 0 Å². The summed E-state index contributed by atoms with van der Waals surface area (Å²) in [5, 5.41) is 9.90. The highest BCUT2D eigenvalue weighted by atomic mass is 32.2. The van der Waals surface area contributed by atoms with Gasteiger partial charge in [-0.3, -0.25) is 9.59 Å². The van der Waals surface area contributed by atoms with Crippen LogP contribution in [-0.2, 0) is 10.0 Å². The van der Waals surface area contributed by atoms with Crippen molar-refractivity contribution in [2.45, 2.75) is 18.7 Å². The van der Waals surface area contributed by atoms with E-state index in [-0.39, 0.29) is 28.0 Å². The SMILES string of the molecule is CCN(CC)S(=O)(=O)c1cccc(C(=O)N2CCN(C(=O)c3ccccc3O)CC2)c1. The predicted octanol–water partition coefficient (Wildman–Crippen LogP) is 2.02. The number of para-hydroxylation sites is 1. The lowest BCUT2D eigenvalue weighted by Crippen LogP contribution is -2.50. The quantitative estimate of drug-likeness (QED) is 0.734. The minimum atomic E-state index is -3.66. The molecule has 1 saturated heterocycles. The molecule has 1 fully saturated rings. The number of benzene rings is 2. The average Bonchev–Trinajstić information content (AvgIpc) is 2.79. The molecule has 2 amide bonds. The molecule has 9 heteroatoms. The molecule has 0 radical (unpaired) electrons. The molecule has 1 aliphatic rings. The summed E-state index contributed by atoms with van der Waals surface area (Å²) in [7, 11) is -3.66. The second kappa shape index (κ2) is 9.49. The van der Waals surface area contributed by atoms with E-state index >= 15 is 0 Å². The van der Waals surface area contributed by atoms with E-state index in [4.69, 9.17) is 0 Å². The second-order valence-electron chi connectivity index (χ2n) is 7.22. The highest BCUT2D eigenvalue weighted by Gasteiger charge is 2.28. The van der Waals surface area contributed by atoms with Gasteiger partial charge in [-0.15, -0.1) is 0 Å². The smallest absolute Gasteiger partial charge is 0.257 e. The summed E-state index contributed by atoms with van der Waals surface area (Å²) in [5.41, 5.74) is 0.533. The lowest BCUT2D eigenvalue weighted by molar-refractivity contribution is 0.0533. The molecule has 0 aliphatic carbocycles. The van der Waals surface area contributed by atoms with Crippen LogP contribution >= 0.6 is 0 Å². The van der Waals surface area contributed by atoms with Crippen LogP contribution in [0.25, 0.3) is 0 Å². The van der Waals surface area contributed by atoms with Gasteiger partial charge >= 0.3 is 0 Å². The highest BCUT2D eigenvalue weighted by molar-refractivity contribution is 7.89. The Labute approximate surface area is 182 Å². The van der Waals surface area contributed by atoms with Crippen molar-refractivity contribution in [3.63, 3.8) is 0 Å². The molecule has 8 nitrogen and oxygen atoms in total. The van der Waals surface area contributed by atoms with Crippen LogP contribution in [0.15, 0.2) is 53.4 Å². The number of sulfonamides is 1. The van der Waals surface area contributed by atoms with E-state index in [2.05, 4.69) is 0 Å². The Hall–Kier alpha value is -2.91. The minimum Gasteiger partial charge on any atom is -0.507 e. The van der Waals surface area contributed by atoms with E-state index < -0.39 is 10.0 Å². The standard InChI is InChI=1S/C22H27N3O5S/c1-3-25(4-2)31(29,30)18-9-7-8-17(16-18)21(27)23-12-14-24(15-13-23)22(28)19-10-5-6-11-20(19)26/h5-11,16,26H,3-4,12-15H2,1-2H3. The molecule has 0 atom stereocenters. The number of piperazine rings is 1. The molecule has 0 spiro atoms. The predicted molar refractivity (Wildman–Crippen MR) is 116 cm³/mol. The number of hydrogen-bond donors (Lipinski definition) is 1. The Morgan fingerprint density at radius 3 is 2.06 bits per heavy atom. The zero-order valence-electron chi connectivity index (χ0n) is 17.7. The van der Waals surface area contributed by atoms with Crippen LogP contribution in [-0.4, -0.2) is 78.7 Å². The topological polar surface area (TPSA) is 98.2 Å². The lowest BCUT2D eigenvalue weighted by Gasteiger charge is -2.35. The zero-order chi connectivity index (χ0) is 22.6. The third-order valence-corrected chi connectivity index (χ3v) is 7.46. The van der Waals surface area contributed by atoms with Crippen molar-refractivity contribution >= 4 is 21.8 Å². The van der Waals surface area contributed by atoms with E-state index in [1.54, 1.807) is 54.0 Å². The Bertz CT molecular complexity index is 1060. The van der Waals surface area contributed by atoms with E-state index in [1.807, 2.05) is 0 Å². The molecule has 166 valence electrons. The van der Waals surface area contributed by atoms with Crippen molar-refractivity contribution in [2.75, 3.05) is 39.3 Å². The van der Waals surface area contributed by atoms with Gasteiger partial charge in [0.05, 0.1) is 10.5 Å². The van der Waals surface area contributed by atoms with Crippen molar-refractivity contribution in [1.82, 2.24) is 14.1 Å². The Kier molecular flexibility index (Phi) is 6.97. The number of phenols is 1. The average molecular weight is 446 g/mol. The third-order valence-electron chi connectivity index (χ3n) is 5.41. The first kappa shape index (κ1) is 22.8. The largest absolute Gasteiger partial charge is 0.507 e. The summed E-state index contributed by atoms with van der Waals surface area (Å²) in [6.07, 6.45) is 0. The maximum absolute atomic E-state index is 13.0. The van der Waals surface area contributed by atoms with Gasteiger partial charge < -0.3 is 14.9 Å². The van der Waals surface area contributed by atoms with Gasteiger partial charge in [-0.2, -0.15) is 4.31 Å². The first-order valence-corrected chi connectivity index (χ1v) is 11.7. The van der Waals surface area contributed by atoms with Crippen LogP contribution in [0.3, 0.4) is 0 Å². The fraction of sp³-hybridized carbons (Fsp3) is 0.364. The van der Waals surface area contributed by atoms with Crippen molar-refractivity contribution in [2.24, 2.45) is 0 Å². The number of phenolic OH excluding ortho intramolecular Hbond substituents is 1. The van der Waals surface area contributed by atoms with Crippen LogP contribution in [0.5, 0.6) is 5.75 Å². The van der Waals surface area contributed by atoms with Crippen molar-refractivity contribution in [3.05, 3.63) is 59.7 Å². The molecule has 31 heavy (non-hydrogen) atoms. The number of carbonyl (C=O) groups excluding carboxylic acids is 2. The van der Waals surface area contributed by atoms with E-state index in [0.717, 1.165) is 0 Å². The summed E-state index contributed by atoms with van der Waals surface area (Å²) in [4.78, 5) is 28.9. The van der Waals surface area contributed by atoms with Gasteiger partial charge in [-0.1, -0.05) is 32.0 Å². The van der Waals surface area contributed by atoms with Gasteiger partial charge in [0.2, 0.25) is 10.0 Å². The van der Waals surface area contributed by atoms with Gasteiger partial charge in [0.1, 0.15) is 5.75 Å². The van der Waals surface area contributed by atoms with Crippen LogP contribution in [0.4, 0.5) is 0 Å². The van der Waals surface area contributed by atoms with Crippen molar-refractivity contribution < 1.29 is 23.1 Å². The zero-order valence-corrected chi connectivity index (χ0v) is 18.5. The fourth-order valence-corrected chi connectivity index (χ4v) is 5.13. The number of nitrogens with zero attached hydrogens (tertiary/aromatic N) is 3. The monoisotopic (exact) mass is 445 g/mol. The molecule has 2 aromatic carbocycles. The summed E-state index contributed by atoms with van der Waals surface area (Å²) >= 11 is 0. The van der Waals surface area contributed by atoms with E-state index in [9.17, 15) is 23.1 Å². The molecular weight excluding hydrogens is 418 g/mol. The second-order valence-corrected chi connectivity index (χ2v) is 9.16. The molecule has 1 heterocycles.